The zero-order valence-electron chi connectivity index (χ0n) is 26.4. The highest BCUT2D eigenvalue weighted by Gasteiger charge is 2.54. The summed E-state index contributed by atoms with van der Waals surface area (Å²) in [6, 6.07) is -1.76. The lowest BCUT2D eigenvalue weighted by Crippen LogP contribution is -2.70. The summed E-state index contributed by atoms with van der Waals surface area (Å²) in [5, 5.41) is 38.5. The number of carboxylic acids is 3. The highest BCUT2D eigenvalue weighted by atomic mass is 32.2. The van der Waals surface area contributed by atoms with Gasteiger partial charge in [-0.15, -0.1) is 46.2 Å². The summed E-state index contributed by atoms with van der Waals surface area (Å²) in [6.45, 7) is 0. The number of aliphatic carboxylic acids is 3. The Morgan fingerprint density at radius 1 is 0.865 bits per heavy atom. The van der Waals surface area contributed by atoms with E-state index in [9.17, 15) is 33.6 Å². The number of carboxylic acid groups (broad SMARTS) is 3. The second-order valence-electron chi connectivity index (χ2n) is 10.5. The monoisotopic (exact) mass is 793 g/mol. The number of carbonyl (C=O) groups is 7. The number of amides is 4. The molecule has 20 nitrogen and oxygen atoms in total. The molecule has 4 aliphatic heterocycles. The summed E-state index contributed by atoms with van der Waals surface area (Å²) in [5.41, 5.74) is 11.3. The predicted molar refractivity (Wildman–Crippen MR) is 188 cm³/mol. The van der Waals surface area contributed by atoms with E-state index in [1.165, 1.54) is 54.2 Å². The average molecular weight is 794 g/mol. The third-order valence-electron chi connectivity index (χ3n) is 7.39. The van der Waals surface area contributed by atoms with Crippen molar-refractivity contribution in [3.63, 3.8) is 0 Å². The van der Waals surface area contributed by atoms with E-state index < -0.39 is 70.8 Å². The van der Waals surface area contributed by atoms with Gasteiger partial charge in [-0.2, -0.15) is 0 Å². The number of nitrogens with zero attached hydrogens (tertiary/aromatic N) is 5. The lowest BCUT2D eigenvalue weighted by molar-refractivity contribution is -0.150. The minimum absolute atomic E-state index is 0.00795. The van der Waals surface area contributed by atoms with Crippen LogP contribution in [0.2, 0.25) is 0 Å². The number of nitrogens with one attached hydrogen (secondary N) is 2. The number of rotatable bonds is 11. The Labute approximate surface area is 308 Å². The van der Waals surface area contributed by atoms with E-state index in [2.05, 4.69) is 30.6 Å². The molecule has 0 aromatic carbocycles. The van der Waals surface area contributed by atoms with Crippen LogP contribution in [0.5, 0.6) is 0 Å². The standard InChI is InChI=1S/C15H14N4O6S2.C13H13N5O5S2/c16-15-17-7(5-27-15)6(1-2-9(20)21)11(22)18-10-12(23)19-8(14(24)25)3-4-26-13(10)19;1-23-17-7(5-4-25-13(14)15-5)9(19)16-8-10(20)18-6(12(21)22)2-3-24-11(8)18/h1,3,5,10,13H,2,4H2,(H2,16,17)(H,18,22)(H,20,21)(H,24,25);2,4,8,11H,3H2,1H3,(H2,14,15)(H,16,19)(H,21,22)/b6-1-;17-7-/t10-,13-;8-,11-/m11/s1. The lowest BCUT2D eigenvalue weighted by atomic mass is 10.0. The third-order valence-corrected chi connectivity index (χ3v) is 11.1. The highest BCUT2D eigenvalue weighted by Crippen LogP contribution is 2.39. The van der Waals surface area contributed by atoms with Crippen LogP contribution in [0.15, 0.2) is 45.5 Å². The fourth-order valence-corrected chi connectivity index (χ4v) is 8.61. The van der Waals surface area contributed by atoms with Crippen LogP contribution in [0.3, 0.4) is 0 Å². The zero-order valence-corrected chi connectivity index (χ0v) is 29.7. The molecule has 2 aromatic rings. The summed E-state index contributed by atoms with van der Waals surface area (Å²) in [4.78, 5) is 97.9. The molecule has 4 aliphatic rings. The molecule has 4 atom stereocenters. The van der Waals surface area contributed by atoms with Crippen LogP contribution >= 0.6 is 46.2 Å². The number of thiazole rings is 2. The lowest BCUT2D eigenvalue weighted by Gasteiger charge is -2.48. The van der Waals surface area contributed by atoms with Crippen molar-refractivity contribution < 1.29 is 53.7 Å². The molecule has 6 rings (SSSR count). The maximum Gasteiger partial charge on any atom is 0.352 e. The summed E-state index contributed by atoms with van der Waals surface area (Å²) >= 11 is 4.91. The van der Waals surface area contributed by atoms with Gasteiger partial charge < -0.3 is 42.3 Å². The number of anilines is 2. The van der Waals surface area contributed by atoms with Gasteiger partial charge in [0.15, 0.2) is 16.0 Å². The van der Waals surface area contributed by atoms with Crippen molar-refractivity contribution >= 4 is 109 Å². The first kappa shape index (κ1) is 37.8. The molecule has 24 heteroatoms. The average Bonchev–Trinajstić information content (AvgIpc) is 3.74. The Morgan fingerprint density at radius 3 is 1.77 bits per heavy atom. The number of thioether (sulfide) groups is 2. The van der Waals surface area contributed by atoms with Crippen molar-refractivity contribution in [3.8, 4) is 0 Å². The number of carbonyl (C=O) groups excluding carboxylic acids is 4. The van der Waals surface area contributed by atoms with Gasteiger partial charge in [-0.3, -0.25) is 33.8 Å². The van der Waals surface area contributed by atoms with E-state index in [0.29, 0.717) is 11.5 Å². The number of nitrogen functional groups attached to an aromatic ring is 2. The number of fused-ring (bicyclic) bond motifs is 2. The smallest absolute Gasteiger partial charge is 0.352 e. The summed E-state index contributed by atoms with van der Waals surface area (Å²) < 4.78 is 0. The topological polar surface area (TPSA) is 310 Å². The van der Waals surface area contributed by atoms with Gasteiger partial charge in [0.1, 0.15) is 47.0 Å². The summed E-state index contributed by atoms with van der Waals surface area (Å²) in [5.74, 6) is -5.05. The van der Waals surface area contributed by atoms with Crippen LogP contribution in [0.4, 0.5) is 10.3 Å². The zero-order chi connectivity index (χ0) is 37.9. The van der Waals surface area contributed by atoms with Crippen molar-refractivity contribution in [1.29, 1.82) is 0 Å². The molecule has 0 aliphatic carbocycles. The van der Waals surface area contributed by atoms with Crippen molar-refractivity contribution in [3.05, 3.63) is 51.8 Å². The van der Waals surface area contributed by atoms with Gasteiger partial charge >= 0.3 is 17.9 Å². The van der Waals surface area contributed by atoms with E-state index >= 15 is 0 Å². The number of nitrogens with two attached hydrogens (primary N) is 2. The maximum atomic E-state index is 12.6. The van der Waals surface area contributed by atoms with E-state index in [0.717, 1.165) is 32.5 Å². The number of oxime groups is 1. The molecule has 9 N–H and O–H groups in total. The Morgan fingerprint density at radius 2 is 1.35 bits per heavy atom. The SMILES string of the molecule is CO/N=C(\C(=O)N[C@@H]1C(=O)N2C(C(=O)O)=CCS[C@H]12)c1csc(N)n1.Nc1nc(/C(=C/CC(=O)O)C(=O)N[C@@H]2C(=O)N3C(C(=O)O)=CCS[C@H]23)cs1. The fraction of sp³-hybridized carbons (Fsp3) is 0.286. The molecule has 52 heavy (non-hydrogen) atoms. The number of hydrogen-bond donors (Lipinski definition) is 7. The molecule has 0 bridgehead atoms. The third kappa shape index (κ3) is 7.73. The van der Waals surface area contributed by atoms with Crippen LogP contribution in [0.25, 0.3) is 5.57 Å². The van der Waals surface area contributed by atoms with E-state index in [1.807, 2.05) is 0 Å². The second kappa shape index (κ2) is 15.8. The van der Waals surface area contributed by atoms with Gasteiger partial charge in [-0.05, 0) is 12.2 Å². The molecule has 6 heterocycles. The molecule has 0 radical (unpaired) electrons. The summed E-state index contributed by atoms with van der Waals surface area (Å²) in [7, 11) is 1.28. The Bertz CT molecular complexity index is 1970. The van der Waals surface area contributed by atoms with E-state index in [-0.39, 0.29) is 44.3 Å². The van der Waals surface area contributed by atoms with Gasteiger partial charge in [0.25, 0.3) is 23.6 Å². The number of hydrogen-bond acceptors (Lipinski definition) is 17. The molecule has 2 saturated heterocycles. The van der Waals surface area contributed by atoms with Gasteiger partial charge in [0, 0.05) is 22.3 Å². The minimum atomic E-state index is -1.21. The van der Waals surface area contributed by atoms with Crippen LogP contribution < -0.4 is 22.1 Å². The first-order chi connectivity index (χ1) is 24.7. The first-order valence-electron chi connectivity index (χ1n) is 14.6. The molecule has 0 spiro atoms. The number of aromatic nitrogens is 2. The Balaban J connectivity index is 0.000000202. The van der Waals surface area contributed by atoms with Crippen molar-refractivity contribution in [1.82, 2.24) is 30.4 Å². The van der Waals surface area contributed by atoms with E-state index in [4.69, 9.17) is 26.8 Å². The molecule has 274 valence electrons. The normalized spacial score (nSPS) is 22.2. The summed E-state index contributed by atoms with van der Waals surface area (Å²) in [6.07, 6.45) is 3.70. The van der Waals surface area contributed by atoms with Gasteiger partial charge in [0.2, 0.25) is 0 Å². The molecule has 0 unspecified atom stereocenters. The Kier molecular flexibility index (Phi) is 11.5. The minimum Gasteiger partial charge on any atom is -0.481 e. The van der Waals surface area contributed by atoms with Crippen LogP contribution in [0.1, 0.15) is 17.8 Å². The van der Waals surface area contributed by atoms with Gasteiger partial charge in [0.05, 0.1) is 17.7 Å². The fourth-order valence-electron chi connectivity index (χ4n) is 5.11. The largest absolute Gasteiger partial charge is 0.481 e. The van der Waals surface area contributed by atoms with E-state index in [1.54, 1.807) is 5.38 Å². The van der Waals surface area contributed by atoms with Crippen molar-refractivity contribution in [2.75, 3.05) is 30.1 Å². The Hall–Kier alpha value is -5.46. The van der Waals surface area contributed by atoms with Crippen LogP contribution in [-0.2, 0) is 38.4 Å². The first-order valence-corrected chi connectivity index (χ1v) is 18.4. The van der Waals surface area contributed by atoms with Crippen LogP contribution in [0, 0.1) is 0 Å². The van der Waals surface area contributed by atoms with Gasteiger partial charge in [-0.25, -0.2) is 19.6 Å². The maximum absolute atomic E-state index is 12.6. The molecular formula is C28H27N9O11S4. The molecular weight excluding hydrogens is 767 g/mol. The van der Waals surface area contributed by atoms with Crippen LogP contribution in [-0.4, -0.2) is 124 Å². The van der Waals surface area contributed by atoms with Crippen molar-refractivity contribution in [2.45, 2.75) is 29.3 Å². The predicted octanol–water partition coefficient (Wildman–Crippen LogP) is -0.604. The number of β-lactam (4-membered cyclic amide) rings is 2. The highest BCUT2D eigenvalue weighted by molar-refractivity contribution is 8.00. The molecule has 0 saturated carbocycles. The second-order valence-corrected chi connectivity index (χ2v) is 14.6. The quantitative estimate of drug-likeness (QED) is 0.0646. The molecule has 2 fully saturated rings. The molecule has 2 aromatic heterocycles. The molecule has 4 amide bonds. The van der Waals surface area contributed by atoms with Gasteiger partial charge in [-0.1, -0.05) is 11.2 Å². The van der Waals surface area contributed by atoms with Crippen molar-refractivity contribution in [2.24, 2.45) is 5.16 Å².